The molecule has 0 unspecified atom stereocenters. The Kier molecular flexibility index (Phi) is 4.21. The van der Waals surface area contributed by atoms with E-state index in [0.717, 1.165) is 17.6 Å². The lowest BCUT2D eigenvalue weighted by atomic mass is 9.88. The molecular weight excluding hydrogens is 366 g/mol. The highest BCUT2D eigenvalue weighted by molar-refractivity contribution is 6.17. The van der Waals surface area contributed by atoms with Gasteiger partial charge in [0.05, 0.1) is 5.56 Å². The van der Waals surface area contributed by atoms with Gasteiger partial charge in [0.1, 0.15) is 18.2 Å². The summed E-state index contributed by atoms with van der Waals surface area (Å²) in [6.45, 7) is 9.04. The Morgan fingerprint density at radius 2 is 1.57 bits per heavy atom. The van der Waals surface area contributed by atoms with Crippen molar-refractivity contribution in [3.05, 3.63) is 78.0 Å². The highest BCUT2D eigenvalue weighted by Gasteiger charge is 2.22. The number of hydrogen-bond acceptors (Lipinski definition) is 1. The average molecular weight is 395 g/mol. The van der Waals surface area contributed by atoms with Crippen LogP contribution in [0, 0.1) is 12.3 Å². The second-order valence-electron chi connectivity index (χ2n) is 9.67. The summed E-state index contributed by atoms with van der Waals surface area (Å²) in [7, 11) is 2.12. The number of hydrogen-bond donors (Lipinski definition) is 0. The molecule has 0 radical (unpaired) electrons. The standard InChI is InChI=1S/C28H28NO/c1-18-10-12-23-22-13-11-20-8-6-7-9-21(20)26(22)30-27(23)25(18)24-16-19(14-15-29(24)5)17-28(2,3)4/h6-16H,17H2,1-5H3/q+1. The summed E-state index contributed by atoms with van der Waals surface area (Å²) in [4.78, 5) is 0. The first-order valence-electron chi connectivity index (χ1n) is 10.6. The second-order valence-corrected chi connectivity index (χ2v) is 9.67. The molecule has 0 N–H and O–H groups in total. The summed E-state index contributed by atoms with van der Waals surface area (Å²) >= 11 is 0. The van der Waals surface area contributed by atoms with Gasteiger partial charge < -0.3 is 4.42 Å². The molecule has 0 spiro atoms. The van der Waals surface area contributed by atoms with Gasteiger partial charge in [-0.3, -0.25) is 0 Å². The molecule has 0 saturated carbocycles. The van der Waals surface area contributed by atoms with Gasteiger partial charge in [0.25, 0.3) is 0 Å². The van der Waals surface area contributed by atoms with E-state index in [9.17, 15) is 0 Å². The van der Waals surface area contributed by atoms with Crippen molar-refractivity contribution in [2.45, 2.75) is 34.1 Å². The van der Waals surface area contributed by atoms with E-state index >= 15 is 0 Å². The molecule has 2 heterocycles. The van der Waals surface area contributed by atoms with E-state index in [1.807, 2.05) is 0 Å². The van der Waals surface area contributed by atoms with Crippen LogP contribution in [0.2, 0.25) is 0 Å². The number of pyridine rings is 1. The fourth-order valence-corrected chi connectivity index (χ4v) is 4.57. The van der Waals surface area contributed by atoms with Crippen molar-refractivity contribution < 1.29 is 8.98 Å². The molecule has 5 aromatic rings. The van der Waals surface area contributed by atoms with Gasteiger partial charge in [-0.1, -0.05) is 63.2 Å². The largest absolute Gasteiger partial charge is 0.454 e. The first-order valence-corrected chi connectivity index (χ1v) is 10.6. The SMILES string of the molecule is Cc1ccc2c(oc3c4ccccc4ccc23)c1-c1cc(CC(C)(C)C)cc[n+]1C. The number of aromatic nitrogens is 1. The van der Waals surface area contributed by atoms with Gasteiger partial charge in [-0.25, -0.2) is 4.57 Å². The number of nitrogens with zero attached hydrogens (tertiary/aromatic N) is 1. The van der Waals surface area contributed by atoms with Crippen molar-refractivity contribution in [2.24, 2.45) is 12.5 Å². The Balaban J connectivity index is 1.82. The van der Waals surface area contributed by atoms with Crippen molar-refractivity contribution in [1.29, 1.82) is 0 Å². The first-order chi connectivity index (χ1) is 14.3. The molecule has 0 fully saturated rings. The van der Waals surface area contributed by atoms with E-state index in [4.69, 9.17) is 4.42 Å². The number of fused-ring (bicyclic) bond motifs is 5. The minimum absolute atomic E-state index is 0.247. The summed E-state index contributed by atoms with van der Waals surface area (Å²) in [5, 5.41) is 4.73. The third-order valence-corrected chi connectivity index (χ3v) is 5.94. The second kappa shape index (κ2) is 6.70. The molecule has 0 bridgehead atoms. The molecule has 0 amide bonds. The van der Waals surface area contributed by atoms with Crippen LogP contribution in [0.25, 0.3) is 44.0 Å². The zero-order chi connectivity index (χ0) is 21.0. The lowest BCUT2D eigenvalue weighted by molar-refractivity contribution is -0.660. The molecule has 3 aromatic carbocycles. The first kappa shape index (κ1) is 18.9. The number of furan rings is 1. The molecule has 2 aromatic heterocycles. The van der Waals surface area contributed by atoms with Gasteiger partial charge in [0, 0.05) is 28.3 Å². The highest BCUT2D eigenvalue weighted by Crippen LogP contribution is 2.39. The van der Waals surface area contributed by atoms with E-state index in [2.05, 4.69) is 106 Å². The van der Waals surface area contributed by atoms with Gasteiger partial charge in [-0.15, -0.1) is 0 Å². The summed E-state index contributed by atoms with van der Waals surface area (Å²) < 4.78 is 8.82. The zero-order valence-corrected chi connectivity index (χ0v) is 18.4. The Bertz CT molecular complexity index is 1420. The van der Waals surface area contributed by atoms with Gasteiger partial charge >= 0.3 is 0 Å². The Labute approximate surface area is 177 Å². The summed E-state index contributed by atoms with van der Waals surface area (Å²) in [6.07, 6.45) is 3.22. The molecule has 2 nitrogen and oxygen atoms in total. The van der Waals surface area contributed by atoms with Crippen molar-refractivity contribution in [2.75, 3.05) is 0 Å². The van der Waals surface area contributed by atoms with E-state index in [1.165, 1.54) is 43.9 Å². The molecule has 5 rings (SSSR count). The third kappa shape index (κ3) is 3.08. The van der Waals surface area contributed by atoms with E-state index in [1.54, 1.807) is 0 Å². The Hall–Kier alpha value is -3.13. The number of rotatable bonds is 2. The van der Waals surface area contributed by atoms with Gasteiger partial charge in [0.15, 0.2) is 6.20 Å². The molecule has 0 aliphatic rings. The maximum atomic E-state index is 6.61. The molecule has 150 valence electrons. The summed E-state index contributed by atoms with van der Waals surface area (Å²) in [6, 6.07) is 21.8. The molecule has 0 atom stereocenters. The van der Waals surface area contributed by atoms with Crippen LogP contribution in [-0.2, 0) is 13.5 Å². The third-order valence-electron chi connectivity index (χ3n) is 5.94. The summed E-state index contributed by atoms with van der Waals surface area (Å²) in [5.41, 5.74) is 7.17. The van der Waals surface area contributed by atoms with Gasteiger partial charge in [-0.2, -0.15) is 0 Å². The van der Waals surface area contributed by atoms with Crippen LogP contribution in [-0.4, -0.2) is 0 Å². The predicted octanol–water partition coefficient (Wildman–Crippen LogP) is 7.13. The average Bonchev–Trinajstić information content (AvgIpc) is 3.08. The quantitative estimate of drug-likeness (QED) is 0.291. The van der Waals surface area contributed by atoms with Crippen LogP contribution in [0.4, 0.5) is 0 Å². The molecule has 0 aliphatic heterocycles. The van der Waals surface area contributed by atoms with Crippen LogP contribution in [0.3, 0.4) is 0 Å². The lowest BCUT2D eigenvalue weighted by Crippen LogP contribution is -2.31. The van der Waals surface area contributed by atoms with E-state index in [-0.39, 0.29) is 5.41 Å². The Morgan fingerprint density at radius 3 is 2.37 bits per heavy atom. The minimum atomic E-state index is 0.247. The smallest absolute Gasteiger partial charge is 0.216 e. The minimum Gasteiger partial charge on any atom is -0.454 e. The fraction of sp³-hybridized carbons (Fsp3) is 0.250. The van der Waals surface area contributed by atoms with Crippen molar-refractivity contribution in [3.63, 3.8) is 0 Å². The molecule has 30 heavy (non-hydrogen) atoms. The fourth-order valence-electron chi connectivity index (χ4n) is 4.57. The van der Waals surface area contributed by atoms with Crippen LogP contribution < -0.4 is 4.57 Å². The zero-order valence-electron chi connectivity index (χ0n) is 18.4. The van der Waals surface area contributed by atoms with Crippen LogP contribution >= 0.6 is 0 Å². The lowest BCUT2D eigenvalue weighted by Gasteiger charge is -2.18. The van der Waals surface area contributed by atoms with Crippen LogP contribution in [0.5, 0.6) is 0 Å². The topological polar surface area (TPSA) is 17.0 Å². The Morgan fingerprint density at radius 1 is 0.833 bits per heavy atom. The van der Waals surface area contributed by atoms with Gasteiger partial charge in [-0.05, 0) is 41.3 Å². The predicted molar refractivity (Wildman–Crippen MR) is 126 cm³/mol. The molecule has 0 aliphatic carbocycles. The van der Waals surface area contributed by atoms with E-state index < -0.39 is 0 Å². The van der Waals surface area contributed by atoms with Crippen LogP contribution in [0.1, 0.15) is 31.9 Å². The van der Waals surface area contributed by atoms with E-state index in [0.29, 0.717) is 0 Å². The van der Waals surface area contributed by atoms with Gasteiger partial charge in [0.2, 0.25) is 5.69 Å². The molecule has 2 heteroatoms. The number of aryl methyl sites for hydroxylation is 2. The normalized spacial score (nSPS) is 12.3. The monoisotopic (exact) mass is 394 g/mol. The van der Waals surface area contributed by atoms with Crippen molar-refractivity contribution in [1.82, 2.24) is 0 Å². The maximum absolute atomic E-state index is 6.61. The number of benzene rings is 3. The summed E-state index contributed by atoms with van der Waals surface area (Å²) in [5.74, 6) is 0. The van der Waals surface area contributed by atoms with Crippen molar-refractivity contribution in [3.8, 4) is 11.3 Å². The van der Waals surface area contributed by atoms with Crippen molar-refractivity contribution >= 4 is 32.7 Å². The maximum Gasteiger partial charge on any atom is 0.216 e. The molecule has 0 saturated heterocycles. The molecular formula is C28H28NO+. The highest BCUT2D eigenvalue weighted by atomic mass is 16.3. The van der Waals surface area contributed by atoms with Crippen LogP contribution in [0.15, 0.2) is 71.3 Å².